The fourth-order valence-corrected chi connectivity index (χ4v) is 0.662. The van der Waals surface area contributed by atoms with Crippen LogP contribution in [0.25, 0.3) is 0 Å². The Labute approximate surface area is 63.0 Å². The quantitative estimate of drug-likeness (QED) is 0.685. The van der Waals surface area contributed by atoms with E-state index in [1.165, 1.54) is 0 Å². The first-order valence-corrected chi connectivity index (χ1v) is 3.19. The van der Waals surface area contributed by atoms with Gasteiger partial charge in [-0.25, -0.2) is 0 Å². The number of aliphatic carboxylic acids is 1. The highest BCUT2D eigenvalue weighted by molar-refractivity contribution is 5.66. The summed E-state index contributed by atoms with van der Waals surface area (Å²) < 4.78 is 4.64. The molecule has 0 spiro atoms. The third-order valence-electron chi connectivity index (χ3n) is 1.13. The van der Waals surface area contributed by atoms with E-state index >= 15 is 0 Å². The van der Waals surface area contributed by atoms with E-state index < -0.39 is 5.97 Å². The van der Waals surface area contributed by atoms with Gasteiger partial charge in [-0.05, 0) is 0 Å². The molecule has 0 saturated carbocycles. The van der Waals surface area contributed by atoms with Crippen molar-refractivity contribution in [3.05, 3.63) is 11.7 Å². The average molecular weight is 156 g/mol. The first kappa shape index (κ1) is 7.71. The predicted molar refractivity (Wildman–Crippen MR) is 35.0 cm³/mol. The van der Waals surface area contributed by atoms with Crippen LogP contribution in [-0.4, -0.2) is 21.2 Å². The zero-order chi connectivity index (χ0) is 8.27. The molecule has 1 N–H and O–H groups in total. The molecule has 0 aliphatic rings. The van der Waals surface area contributed by atoms with Crippen LogP contribution in [0.1, 0.15) is 18.1 Å². The molecule has 0 saturated heterocycles. The lowest BCUT2D eigenvalue weighted by Crippen LogP contribution is -1.98. The summed E-state index contributed by atoms with van der Waals surface area (Å²) in [5.74, 6) is 0.0581. The van der Waals surface area contributed by atoms with Crippen LogP contribution in [0.15, 0.2) is 4.52 Å². The molecule has 60 valence electrons. The highest BCUT2D eigenvalue weighted by Gasteiger charge is 2.04. The van der Waals surface area contributed by atoms with Crippen molar-refractivity contribution in [1.29, 1.82) is 0 Å². The third kappa shape index (κ3) is 2.37. The van der Waals surface area contributed by atoms with Crippen LogP contribution in [0, 0.1) is 6.92 Å². The molecule has 0 radical (unpaired) electrons. The summed E-state index contributed by atoms with van der Waals surface area (Å²) >= 11 is 0. The normalized spacial score (nSPS) is 9.91. The van der Waals surface area contributed by atoms with Gasteiger partial charge in [-0.1, -0.05) is 5.16 Å². The maximum Gasteiger partial charge on any atom is 0.303 e. The van der Waals surface area contributed by atoms with Gasteiger partial charge in [-0.2, -0.15) is 4.98 Å². The fraction of sp³-hybridized carbons (Fsp3) is 0.500. The second-order valence-corrected chi connectivity index (χ2v) is 2.12. The number of carboxylic acids is 1. The van der Waals surface area contributed by atoms with Gasteiger partial charge in [-0.3, -0.25) is 4.79 Å². The Kier molecular flexibility index (Phi) is 2.20. The predicted octanol–water partition coefficient (Wildman–Crippen LogP) is 0.395. The lowest BCUT2D eigenvalue weighted by atomic mass is 10.3. The van der Waals surface area contributed by atoms with Gasteiger partial charge in [0.25, 0.3) is 0 Å². The van der Waals surface area contributed by atoms with Gasteiger partial charge in [0.1, 0.15) is 0 Å². The highest BCUT2D eigenvalue weighted by atomic mass is 16.5. The minimum Gasteiger partial charge on any atom is -0.481 e. The Morgan fingerprint density at radius 3 is 2.91 bits per heavy atom. The van der Waals surface area contributed by atoms with Gasteiger partial charge >= 0.3 is 5.97 Å². The molecule has 1 rings (SSSR count). The number of aromatic nitrogens is 2. The number of rotatable bonds is 3. The second-order valence-electron chi connectivity index (χ2n) is 2.12. The zero-order valence-corrected chi connectivity index (χ0v) is 6.07. The lowest BCUT2D eigenvalue weighted by Gasteiger charge is -1.86. The average Bonchev–Trinajstić information content (AvgIpc) is 2.31. The van der Waals surface area contributed by atoms with Crippen LogP contribution in [0.5, 0.6) is 0 Å². The van der Waals surface area contributed by atoms with Crippen molar-refractivity contribution < 1.29 is 14.4 Å². The number of nitrogens with zero attached hydrogens (tertiary/aromatic N) is 2. The van der Waals surface area contributed by atoms with Crippen LogP contribution < -0.4 is 0 Å². The molecule has 0 aromatic carbocycles. The van der Waals surface area contributed by atoms with Crippen molar-refractivity contribution in [2.24, 2.45) is 0 Å². The van der Waals surface area contributed by atoms with E-state index in [0.29, 0.717) is 18.1 Å². The molecule has 5 heteroatoms. The smallest absolute Gasteiger partial charge is 0.303 e. The van der Waals surface area contributed by atoms with Gasteiger partial charge < -0.3 is 9.63 Å². The molecule has 0 aliphatic heterocycles. The van der Waals surface area contributed by atoms with Crippen molar-refractivity contribution in [2.75, 3.05) is 0 Å². The first-order chi connectivity index (χ1) is 5.18. The summed E-state index contributed by atoms with van der Waals surface area (Å²) in [5.41, 5.74) is 0. The summed E-state index contributed by atoms with van der Waals surface area (Å²) in [4.78, 5) is 13.9. The number of aryl methyl sites for hydroxylation is 2. The molecular weight excluding hydrogens is 148 g/mol. The Balaban J connectivity index is 2.45. The van der Waals surface area contributed by atoms with E-state index in [1.54, 1.807) is 6.92 Å². The van der Waals surface area contributed by atoms with Crippen LogP contribution in [0.3, 0.4) is 0 Å². The van der Waals surface area contributed by atoms with Crippen molar-refractivity contribution >= 4 is 5.97 Å². The maximum atomic E-state index is 10.1. The highest BCUT2D eigenvalue weighted by Crippen LogP contribution is 1.98. The van der Waals surface area contributed by atoms with Gasteiger partial charge in [0.15, 0.2) is 5.82 Å². The Morgan fingerprint density at radius 1 is 1.73 bits per heavy atom. The van der Waals surface area contributed by atoms with E-state index in [-0.39, 0.29) is 6.42 Å². The molecule has 5 nitrogen and oxygen atoms in total. The Bertz CT molecular complexity index is 256. The van der Waals surface area contributed by atoms with E-state index in [4.69, 9.17) is 5.11 Å². The van der Waals surface area contributed by atoms with Crippen molar-refractivity contribution in [2.45, 2.75) is 19.8 Å². The maximum absolute atomic E-state index is 10.1. The van der Waals surface area contributed by atoms with Crippen LogP contribution in [0.2, 0.25) is 0 Å². The Morgan fingerprint density at radius 2 is 2.45 bits per heavy atom. The molecule has 1 aromatic heterocycles. The molecule has 0 atom stereocenters. The molecule has 11 heavy (non-hydrogen) atoms. The zero-order valence-electron chi connectivity index (χ0n) is 6.07. The van der Waals surface area contributed by atoms with Crippen LogP contribution in [-0.2, 0) is 11.2 Å². The van der Waals surface area contributed by atoms with E-state index in [1.807, 2.05) is 0 Å². The molecule has 0 fully saturated rings. The minimum atomic E-state index is -0.854. The molecule has 1 heterocycles. The van der Waals surface area contributed by atoms with Crippen molar-refractivity contribution in [1.82, 2.24) is 10.1 Å². The minimum absolute atomic E-state index is 0.0406. The number of carboxylic acid groups (broad SMARTS) is 1. The van der Waals surface area contributed by atoms with Crippen LogP contribution in [0.4, 0.5) is 0 Å². The van der Waals surface area contributed by atoms with Crippen LogP contribution >= 0.6 is 0 Å². The van der Waals surface area contributed by atoms with Gasteiger partial charge in [0.2, 0.25) is 5.89 Å². The summed E-state index contributed by atoms with van der Waals surface area (Å²) in [6, 6.07) is 0. The Hall–Kier alpha value is -1.39. The molecule has 0 amide bonds. The topological polar surface area (TPSA) is 76.2 Å². The molecule has 0 aliphatic carbocycles. The van der Waals surface area contributed by atoms with E-state index in [2.05, 4.69) is 14.7 Å². The van der Waals surface area contributed by atoms with Crippen molar-refractivity contribution in [3.63, 3.8) is 0 Å². The third-order valence-corrected chi connectivity index (χ3v) is 1.13. The van der Waals surface area contributed by atoms with Gasteiger partial charge in [-0.15, -0.1) is 0 Å². The second kappa shape index (κ2) is 3.14. The number of hydrogen-bond donors (Lipinski definition) is 1. The largest absolute Gasteiger partial charge is 0.481 e. The number of hydrogen-bond acceptors (Lipinski definition) is 4. The van der Waals surface area contributed by atoms with Gasteiger partial charge in [0.05, 0.1) is 6.42 Å². The standard InChI is InChI=1S/C6H8N2O3/c1-4-7-5(8-11-4)2-3-6(9)10/h2-3H2,1H3,(H,9,10). The van der Waals surface area contributed by atoms with E-state index in [0.717, 1.165) is 0 Å². The molecule has 0 bridgehead atoms. The lowest BCUT2D eigenvalue weighted by molar-refractivity contribution is -0.137. The monoisotopic (exact) mass is 156 g/mol. The summed E-state index contributed by atoms with van der Waals surface area (Å²) in [5, 5.41) is 11.8. The molecular formula is C6H8N2O3. The summed E-state index contributed by atoms with van der Waals surface area (Å²) in [6.45, 7) is 1.66. The SMILES string of the molecule is Cc1nc(CCC(=O)O)no1. The molecule has 0 unspecified atom stereocenters. The molecule has 1 aromatic rings. The summed E-state index contributed by atoms with van der Waals surface area (Å²) in [6.07, 6.45) is 0.367. The fourth-order valence-electron chi connectivity index (χ4n) is 0.662. The van der Waals surface area contributed by atoms with Crippen molar-refractivity contribution in [3.8, 4) is 0 Å². The van der Waals surface area contributed by atoms with E-state index in [9.17, 15) is 4.79 Å². The van der Waals surface area contributed by atoms with Gasteiger partial charge in [0, 0.05) is 13.3 Å². The number of carbonyl (C=O) groups is 1. The summed E-state index contributed by atoms with van der Waals surface area (Å²) in [7, 11) is 0. The first-order valence-electron chi connectivity index (χ1n) is 3.19.